The van der Waals surface area contributed by atoms with Crippen molar-refractivity contribution in [3.63, 3.8) is 0 Å². The molecule has 1 aromatic carbocycles. The highest BCUT2D eigenvalue weighted by Crippen LogP contribution is 2.44. The number of amides is 1. The minimum absolute atomic E-state index is 0.260. The predicted molar refractivity (Wildman–Crippen MR) is 115 cm³/mol. The van der Waals surface area contributed by atoms with Gasteiger partial charge in [0.1, 0.15) is 21.2 Å². The van der Waals surface area contributed by atoms with Gasteiger partial charge in [-0.15, -0.1) is 11.3 Å². The Morgan fingerprint density at radius 3 is 2.97 bits per heavy atom. The summed E-state index contributed by atoms with van der Waals surface area (Å²) in [6.45, 7) is 0. The third kappa shape index (κ3) is 2.94. The van der Waals surface area contributed by atoms with E-state index >= 15 is 0 Å². The number of aromatic nitrogens is 1. The Kier molecular flexibility index (Phi) is 4.24. The smallest absolute Gasteiger partial charge is 0.267 e. The van der Waals surface area contributed by atoms with E-state index in [1.165, 1.54) is 16.9 Å². The molecule has 0 saturated heterocycles. The number of carbonyl (C=O) groups is 1. The van der Waals surface area contributed by atoms with Gasteiger partial charge in [-0.1, -0.05) is 6.07 Å². The molecule has 0 atom stereocenters. The van der Waals surface area contributed by atoms with Gasteiger partial charge in [-0.2, -0.15) is 0 Å². The van der Waals surface area contributed by atoms with Crippen LogP contribution in [0.3, 0.4) is 0 Å². The van der Waals surface area contributed by atoms with Gasteiger partial charge in [-0.3, -0.25) is 4.79 Å². The number of nitrogens with zero attached hydrogens (tertiary/aromatic N) is 1. The highest BCUT2D eigenvalue weighted by Gasteiger charge is 2.27. The number of pyridine rings is 1. The zero-order chi connectivity index (χ0) is 20.0. The molecule has 0 radical (unpaired) electrons. The zero-order valence-corrected chi connectivity index (χ0v) is 16.6. The fourth-order valence-electron chi connectivity index (χ4n) is 3.90. The molecule has 0 aliphatic heterocycles. The fraction of sp³-hybridized carbons (Fsp3) is 0.182. The summed E-state index contributed by atoms with van der Waals surface area (Å²) in [7, 11) is 1.59. The Balaban J connectivity index is 1.62. The Morgan fingerprint density at radius 2 is 2.17 bits per heavy atom. The fourth-order valence-corrected chi connectivity index (χ4v) is 4.91. The summed E-state index contributed by atoms with van der Waals surface area (Å²) in [5.41, 5.74) is 10.8. The molecule has 1 aliphatic carbocycles. The Morgan fingerprint density at radius 1 is 1.28 bits per heavy atom. The van der Waals surface area contributed by atoms with E-state index in [4.69, 9.17) is 19.9 Å². The number of anilines is 2. The zero-order valence-electron chi connectivity index (χ0n) is 15.8. The molecule has 0 spiro atoms. The molecule has 0 saturated carbocycles. The molecule has 0 bridgehead atoms. The van der Waals surface area contributed by atoms with Gasteiger partial charge < -0.3 is 20.2 Å². The normalized spacial score (nSPS) is 12.9. The molecule has 3 aromatic heterocycles. The van der Waals surface area contributed by atoms with Crippen molar-refractivity contribution in [3.8, 4) is 17.1 Å². The van der Waals surface area contributed by atoms with Crippen LogP contribution in [0.15, 0.2) is 47.1 Å². The Bertz CT molecular complexity index is 1230. The van der Waals surface area contributed by atoms with E-state index in [9.17, 15) is 4.79 Å². The highest BCUT2D eigenvalue weighted by atomic mass is 32.1. The van der Waals surface area contributed by atoms with Gasteiger partial charge in [0.25, 0.3) is 5.91 Å². The van der Waals surface area contributed by atoms with Crippen LogP contribution in [-0.2, 0) is 12.8 Å². The minimum atomic E-state index is -0.260. The van der Waals surface area contributed by atoms with Crippen LogP contribution >= 0.6 is 11.3 Å². The van der Waals surface area contributed by atoms with Crippen molar-refractivity contribution in [2.24, 2.45) is 0 Å². The number of nitrogens with two attached hydrogens (primary N) is 1. The first kappa shape index (κ1) is 17.8. The first-order valence-corrected chi connectivity index (χ1v) is 10.2. The van der Waals surface area contributed by atoms with Crippen LogP contribution in [0.1, 0.15) is 27.3 Å². The van der Waals surface area contributed by atoms with Crippen molar-refractivity contribution in [2.75, 3.05) is 18.2 Å². The summed E-state index contributed by atoms with van der Waals surface area (Å²) in [5, 5.41) is 3.71. The van der Waals surface area contributed by atoms with Crippen molar-refractivity contribution in [2.45, 2.75) is 19.3 Å². The van der Waals surface area contributed by atoms with Crippen molar-refractivity contribution < 1.29 is 13.9 Å². The quantitative estimate of drug-likeness (QED) is 0.505. The minimum Gasteiger partial charge on any atom is -0.497 e. The Labute approximate surface area is 171 Å². The lowest BCUT2D eigenvalue weighted by atomic mass is 10.0. The summed E-state index contributed by atoms with van der Waals surface area (Å²) in [4.78, 5) is 19.0. The number of rotatable bonds is 4. The van der Waals surface area contributed by atoms with E-state index in [0.29, 0.717) is 22.0 Å². The van der Waals surface area contributed by atoms with E-state index in [1.54, 1.807) is 19.4 Å². The van der Waals surface area contributed by atoms with Crippen LogP contribution in [0.4, 0.5) is 11.4 Å². The molecule has 0 fully saturated rings. The molecule has 1 aliphatic rings. The maximum atomic E-state index is 13.0. The summed E-state index contributed by atoms with van der Waals surface area (Å²) >= 11 is 1.32. The first-order valence-electron chi connectivity index (χ1n) is 9.38. The van der Waals surface area contributed by atoms with Crippen molar-refractivity contribution in [1.82, 2.24) is 4.98 Å². The number of methoxy groups -OCH3 is 1. The monoisotopic (exact) mass is 405 g/mol. The van der Waals surface area contributed by atoms with E-state index in [1.807, 2.05) is 30.3 Å². The number of fused-ring (bicyclic) bond motifs is 2. The number of hydrogen-bond acceptors (Lipinski definition) is 6. The summed E-state index contributed by atoms with van der Waals surface area (Å²) in [6, 6.07) is 11.0. The van der Waals surface area contributed by atoms with Crippen LogP contribution in [0.2, 0.25) is 0 Å². The molecular weight excluding hydrogens is 386 g/mol. The molecule has 5 rings (SSSR count). The lowest BCUT2D eigenvalue weighted by molar-refractivity contribution is 0.103. The summed E-state index contributed by atoms with van der Waals surface area (Å²) < 4.78 is 10.9. The SMILES string of the molecule is COc1cccc(NC(=O)c2sc3nc4c(c(-c5ccco5)c3c2N)CCC4)c1. The molecule has 6 nitrogen and oxygen atoms in total. The maximum Gasteiger partial charge on any atom is 0.267 e. The maximum absolute atomic E-state index is 13.0. The van der Waals surface area contributed by atoms with Crippen molar-refractivity contribution in [1.29, 1.82) is 0 Å². The molecule has 3 heterocycles. The average molecular weight is 405 g/mol. The van der Waals surface area contributed by atoms with Gasteiger partial charge in [0.2, 0.25) is 0 Å². The highest BCUT2D eigenvalue weighted by molar-refractivity contribution is 7.21. The molecule has 0 unspecified atom stereocenters. The number of aryl methyl sites for hydroxylation is 1. The number of ether oxygens (including phenoxy) is 1. The molecule has 7 heteroatoms. The summed E-state index contributed by atoms with van der Waals surface area (Å²) in [5.74, 6) is 1.18. The average Bonchev–Trinajstić information content (AvgIpc) is 3.47. The van der Waals surface area contributed by atoms with Gasteiger partial charge in [0.05, 0.1) is 19.1 Å². The first-order chi connectivity index (χ1) is 14.2. The number of furan rings is 1. The van der Waals surface area contributed by atoms with Gasteiger partial charge in [0.15, 0.2) is 0 Å². The number of thiophene rings is 1. The number of nitrogen functional groups attached to an aromatic ring is 1. The third-order valence-electron chi connectivity index (χ3n) is 5.20. The van der Waals surface area contributed by atoms with Crippen LogP contribution < -0.4 is 15.8 Å². The van der Waals surface area contributed by atoms with Crippen LogP contribution in [0.25, 0.3) is 21.5 Å². The van der Waals surface area contributed by atoms with Crippen molar-refractivity contribution >= 4 is 38.8 Å². The third-order valence-corrected chi connectivity index (χ3v) is 6.30. The molecular formula is C22H19N3O3S. The second-order valence-corrected chi connectivity index (χ2v) is 7.95. The number of hydrogen-bond donors (Lipinski definition) is 2. The molecule has 29 heavy (non-hydrogen) atoms. The van der Waals surface area contributed by atoms with Crippen LogP contribution in [0.5, 0.6) is 5.75 Å². The Hall–Kier alpha value is -3.32. The van der Waals surface area contributed by atoms with E-state index in [0.717, 1.165) is 46.5 Å². The van der Waals surface area contributed by atoms with Gasteiger partial charge in [-0.05, 0) is 49.1 Å². The molecule has 146 valence electrons. The second-order valence-electron chi connectivity index (χ2n) is 6.95. The number of benzene rings is 1. The predicted octanol–water partition coefficient (Wildman–Crippen LogP) is 4.89. The van der Waals surface area contributed by atoms with Gasteiger partial charge >= 0.3 is 0 Å². The van der Waals surface area contributed by atoms with E-state index in [-0.39, 0.29) is 5.91 Å². The second kappa shape index (κ2) is 6.93. The van der Waals surface area contributed by atoms with Crippen LogP contribution in [-0.4, -0.2) is 18.0 Å². The van der Waals surface area contributed by atoms with Crippen LogP contribution in [0, 0.1) is 0 Å². The van der Waals surface area contributed by atoms with Crippen molar-refractivity contribution in [3.05, 3.63) is 58.8 Å². The summed E-state index contributed by atoms with van der Waals surface area (Å²) in [6.07, 6.45) is 4.59. The lowest BCUT2D eigenvalue weighted by Crippen LogP contribution is -2.12. The number of nitrogens with one attached hydrogen (secondary N) is 1. The van der Waals surface area contributed by atoms with Gasteiger partial charge in [-0.25, -0.2) is 4.98 Å². The molecule has 3 N–H and O–H groups in total. The van der Waals surface area contributed by atoms with Gasteiger partial charge in [0, 0.05) is 28.4 Å². The topological polar surface area (TPSA) is 90.4 Å². The number of carbonyl (C=O) groups excluding carboxylic acids is 1. The lowest BCUT2D eigenvalue weighted by Gasteiger charge is -2.09. The molecule has 4 aromatic rings. The largest absolute Gasteiger partial charge is 0.497 e. The molecule has 1 amide bonds. The van der Waals surface area contributed by atoms with E-state index in [2.05, 4.69) is 5.32 Å². The van der Waals surface area contributed by atoms with E-state index < -0.39 is 0 Å². The standard InChI is InChI=1S/C22H19N3O3S/c1-27-13-6-2-5-12(11-13)24-21(26)20-19(23)18-17(16-9-4-10-28-16)14-7-3-8-15(14)25-22(18)29-20/h2,4-6,9-11H,3,7-8,23H2,1H3,(H,24,26).